The van der Waals surface area contributed by atoms with Crippen molar-refractivity contribution in [3.05, 3.63) is 60.1 Å². The van der Waals surface area contributed by atoms with Crippen molar-refractivity contribution < 1.29 is 18.0 Å². The smallest absolute Gasteiger partial charge is 0.364 e. The van der Waals surface area contributed by atoms with Crippen molar-refractivity contribution in [2.24, 2.45) is 5.92 Å². The monoisotopic (exact) mass is 455 g/mol. The van der Waals surface area contributed by atoms with Gasteiger partial charge in [-0.05, 0) is 43.9 Å². The lowest BCUT2D eigenvalue weighted by atomic mass is 10.0. The summed E-state index contributed by atoms with van der Waals surface area (Å²) < 4.78 is 38.2. The third kappa shape index (κ3) is 4.10. The standard InChI is InChI=1S/C22H20F3N7O/c1-12-3-4-14(20-26-5-2-6-27-20)19(30-12)21(33)32-11-13-7-15(16(32)8-13)31-18-10-28-17(9-29-18)22(23,24)25/h2-6,9-10,13,15-16H,7-8,11H2,1H3,(H,29,31). The molecule has 4 heterocycles. The van der Waals surface area contributed by atoms with Crippen molar-refractivity contribution in [3.63, 3.8) is 0 Å². The van der Waals surface area contributed by atoms with E-state index < -0.39 is 11.9 Å². The minimum atomic E-state index is -4.54. The summed E-state index contributed by atoms with van der Waals surface area (Å²) in [6.45, 7) is 2.42. The number of carbonyl (C=O) groups excluding carboxylic acids is 1. The zero-order valence-electron chi connectivity index (χ0n) is 17.6. The molecule has 3 aromatic rings. The summed E-state index contributed by atoms with van der Waals surface area (Å²) in [4.78, 5) is 35.7. The van der Waals surface area contributed by atoms with Crippen molar-refractivity contribution in [3.8, 4) is 11.4 Å². The van der Waals surface area contributed by atoms with Crippen LogP contribution in [0.3, 0.4) is 0 Å². The Morgan fingerprint density at radius 1 is 1.09 bits per heavy atom. The Balaban J connectivity index is 1.37. The SMILES string of the molecule is Cc1ccc(-c2ncccn2)c(C(=O)N2CC3CC(Nc4cnc(C(F)(F)F)cn4)C2C3)n1. The number of aryl methyl sites for hydroxylation is 1. The number of nitrogens with one attached hydrogen (secondary N) is 1. The van der Waals surface area contributed by atoms with Crippen molar-refractivity contribution >= 4 is 11.7 Å². The van der Waals surface area contributed by atoms with Gasteiger partial charge in [0.1, 0.15) is 11.5 Å². The molecule has 1 N–H and O–H groups in total. The summed E-state index contributed by atoms with van der Waals surface area (Å²) >= 11 is 0. The maximum Gasteiger partial charge on any atom is 0.434 e. The third-order valence-corrected chi connectivity index (χ3v) is 6.06. The second-order valence-electron chi connectivity index (χ2n) is 8.32. The molecule has 0 spiro atoms. The summed E-state index contributed by atoms with van der Waals surface area (Å²) in [6, 6.07) is 5.05. The number of piperidine rings is 1. The maximum absolute atomic E-state index is 13.6. The van der Waals surface area contributed by atoms with Gasteiger partial charge in [0.2, 0.25) is 0 Å². The number of pyridine rings is 1. The highest BCUT2D eigenvalue weighted by Gasteiger charge is 2.48. The van der Waals surface area contributed by atoms with E-state index in [2.05, 4.69) is 30.2 Å². The van der Waals surface area contributed by atoms with Crippen LogP contribution in [0.4, 0.5) is 19.0 Å². The van der Waals surface area contributed by atoms with Gasteiger partial charge in [0.15, 0.2) is 11.5 Å². The molecular weight excluding hydrogens is 435 g/mol. The van der Waals surface area contributed by atoms with Crippen LogP contribution >= 0.6 is 0 Å². The first-order valence-corrected chi connectivity index (χ1v) is 10.5. The zero-order chi connectivity index (χ0) is 23.2. The Kier molecular flexibility index (Phi) is 5.18. The molecule has 1 saturated carbocycles. The van der Waals surface area contributed by atoms with Crippen LogP contribution in [0.25, 0.3) is 11.4 Å². The highest BCUT2D eigenvalue weighted by molar-refractivity contribution is 5.98. The minimum Gasteiger partial charge on any atom is -0.364 e. The average molecular weight is 455 g/mol. The van der Waals surface area contributed by atoms with E-state index in [1.165, 1.54) is 0 Å². The Morgan fingerprint density at radius 2 is 1.88 bits per heavy atom. The van der Waals surface area contributed by atoms with E-state index in [1.807, 2.05) is 13.0 Å². The highest BCUT2D eigenvalue weighted by Crippen LogP contribution is 2.40. The van der Waals surface area contributed by atoms with Gasteiger partial charge in [-0.2, -0.15) is 13.2 Å². The van der Waals surface area contributed by atoms with Gasteiger partial charge in [-0.3, -0.25) is 4.79 Å². The predicted molar refractivity (Wildman–Crippen MR) is 112 cm³/mol. The normalized spacial score (nSPS) is 21.9. The number of rotatable bonds is 4. The minimum absolute atomic E-state index is 0.126. The van der Waals surface area contributed by atoms with E-state index in [4.69, 9.17) is 0 Å². The number of amides is 1. The number of hydrogen-bond donors (Lipinski definition) is 1. The molecule has 2 fully saturated rings. The van der Waals surface area contributed by atoms with E-state index in [0.717, 1.165) is 19.0 Å². The number of nitrogens with zero attached hydrogens (tertiary/aromatic N) is 6. The summed E-state index contributed by atoms with van der Waals surface area (Å²) in [6.07, 6.45) is 2.07. The number of fused-ring (bicyclic) bond motifs is 2. The van der Waals surface area contributed by atoms with Crippen LogP contribution in [0.2, 0.25) is 0 Å². The van der Waals surface area contributed by atoms with Gasteiger partial charge in [0.25, 0.3) is 5.91 Å². The van der Waals surface area contributed by atoms with Crippen LogP contribution in [-0.2, 0) is 6.18 Å². The van der Waals surface area contributed by atoms with Crippen molar-refractivity contribution in [1.29, 1.82) is 0 Å². The predicted octanol–water partition coefficient (Wildman–Crippen LogP) is 3.37. The van der Waals surface area contributed by atoms with Crippen molar-refractivity contribution in [2.75, 3.05) is 11.9 Å². The summed E-state index contributed by atoms with van der Waals surface area (Å²) in [7, 11) is 0. The third-order valence-electron chi connectivity index (χ3n) is 6.06. The summed E-state index contributed by atoms with van der Waals surface area (Å²) in [5.74, 6) is 0.756. The van der Waals surface area contributed by atoms with Crippen LogP contribution in [0.1, 0.15) is 34.7 Å². The first-order valence-electron chi connectivity index (χ1n) is 10.5. The quantitative estimate of drug-likeness (QED) is 0.644. The van der Waals surface area contributed by atoms with E-state index in [1.54, 1.807) is 29.4 Å². The van der Waals surface area contributed by atoms with E-state index >= 15 is 0 Å². The van der Waals surface area contributed by atoms with Crippen LogP contribution in [0, 0.1) is 12.8 Å². The lowest BCUT2D eigenvalue weighted by molar-refractivity contribution is -0.141. The molecule has 2 bridgehead atoms. The molecule has 11 heteroatoms. The fraction of sp³-hybridized carbons (Fsp3) is 0.364. The molecule has 2 aliphatic rings. The van der Waals surface area contributed by atoms with Crippen molar-refractivity contribution in [2.45, 2.75) is 38.0 Å². The fourth-order valence-corrected chi connectivity index (χ4v) is 4.63. The van der Waals surface area contributed by atoms with Gasteiger partial charge in [0, 0.05) is 30.7 Å². The van der Waals surface area contributed by atoms with E-state index in [9.17, 15) is 18.0 Å². The Labute approximate surface area is 187 Å². The number of alkyl halides is 3. The molecule has 3 aromatic heterocycles. The highest BCUT2D eigenvalue weighted by atomic mass is 19.4. The van der Waals surface area contributed by atoms with Crippen LogP contribution in [0.15, 0.2) is 43.0 Å². The Morgan fingerprint density at radius 3 is 2.55 bits per heavy atom. The molecular formula is C22H20F3N7O. The number of aromatic nitrogens is 5. The van der Waals surface area contributed by atoms with Crippen LogP contribution < -0.4 is 5.32 Å². The second-order valence-corrected chi connectivity index (χ2v) is 8.32. The van der Waals surface area contributed by atoms with E-state index in [0.29, 0.717) is 41.4 Å². The Bertz CT molecular complexity index is 1170. The van der Waals surface area contributed by atoms with Crippen LogP contribution in [0.5, 0.6) is 0 Å². The van der Waals surface area contributed by atoms with Gasteiger partial charge in [-0.1, -0.05) is 0 Å². The Hall–Kier alpha value is -3.63. The van der Waals surface area contributed by atoms with Crippen molar-refractivity contribution in [1.82, 2.24) is 29.8 Å². The first kappa shape index (κ1) is 21.2. The molecule has 8 nitrogen and oxygen atoms in total. The summed E-state index contributed by atoms with van der Waals surface area (Å²) in [5.41, 5.74) is 0.519. The second kappa shape index (κ2) is 8.05. The lowest BCUT2D eigenvalue weighted by Crippen LogP contribution is -2.48. The van der Waals surface area contributed by atoms with E-state index in [-0.39, 0.29) is 23.8 Å². The number of hydrogen-bond acceptors (Lipinski definition) is 7. The molecule has 0 radical (unpaired) electrons. The fourth-order valence-electron chi connectivity index (χ4n) is 4.63. The first-order chi connectivity index (χ1) is 15.8. The molecule has 3 unspecified atom stereocenters. The molecule has 33 heavy (non-hydrogen) atoms. The van der Waals surface area contributed by atoms with Gasteiger partial charge >= 0.3 is 6.18 Å². The number of anilines is 1. The maximum atomic E-state index is 13.6. The largest absolute Gasteiger partial charge is 0.434 e. The molecule has 1 amide bonds. The topological polar surface area (TPSA) is 96.8 Å². The lowest BCUT2D eigenvalue weighted by Gasteiger charge is -2.34. The number of halogens is 3. The molecule has 5 rings (SSSR count). The van der Waals surface area contributed by atoms with Gasteiger partial charge in [-0.15, -0.1) is 0 Å². The van der Waals surface area contributed by atoms with Gasteiger partial charge in [-0.25, -0.2) is 24.9 Å². The zero-order valence-corrected chi connectivity index (χ0v) is 17.6. The van der Waals surface area contributed by atoms with Gasteiger partial charge < -0.3 is 10.2 Å². The summed E-state index contributed by atoms with van der Waals surface area (Å²) in [5, 5.41) is 3.16. The molecule has 3 atom stereocenters. The number of likely N-dealkylation sites (tertiary alicyclic amines) is 1. The average Bonchev–Trinajstić information content (AvgIpc) is 3.39. The molecule has 0 aromatic carbocycles. The van der Waals surface area contributed by atoms with Crippen LogP contribution in [-0.4, -0.2) is 54.4 Å². The molecule has 1 saturated heterocycles. The van der Waals surface area contributed by atoms with Gasteiger partial charge in [0.05, 0.1) is 24.0 Å². The molecule has 1 aliphatic heterocycles. The molecule has 1 aliphatic carbocycles. The molecule has 170 valence electrons. The number of carbonyl (C=O) groups is 1.